The molecule has 0 aliphatic carbocycles. The fourth-order valence-electron chi connectivity index (χ4n) is 2.50. The van der Waals surface area contributed by atoms with E-state index in [1.807, 2.05) is 19.1 Å². The second-order valence-electron chi connectivity index (χ2n) is 6.72. The average Bonchev–Trinajstić information content (AvgIpc) is 2.62. The van der Waals surface area contributed by atoms with Crippen LogP contribution in [0, 0.1) is 6.92 Å². The molecule has 0 aromatic heterocycles. The molecular weight excluding hydrogens is 440 g/mol. The molecule has 0 unspecified atom stereocenters. The van der Waals surface area contributed by atoms with Crippen LogP contribution in [0.2, 0.25) is 0 Å². The van der Waals surface area contributed by atoms with E-state index in [0.29, 0.717) is 17.0 Å². The van der Waals surface area contributed by atoms with Gasteiger partial charge in [0.15, 0.2) is 17.5 Å². The number of ether oxygens (including phenoxy) is 1. The molecule has 2 aromatic rings. The largest absolute Gasteiger partial charge is 0.483 e. The van der Waals surface area contributed by atoms with Gasteiger partial charge in [0.2, 0.25) is 0 Å². The highest BCUT2D eigenvalue weighted by Gasteiger charge is 2.13. The van der Waals surface area contributed by atoms with Crippen molar-refractivity contribution in [3.05, 3.63) is 57.6 Å². The average molecular weight is 463 g/mol. The first kappa shape index (κ1) is 22.0. The second-order valence-corrected chi connectivity index (χ2v) is 7.98. The van der Waals surface area contributed by atoms with Gasteiger partial charge in [-0.3, -0.25) is 14.9 Å². The van der Waals surface area contributed by atoms with Gasteiger partial charge in [-0.05, 0) is 79.5 Å². The summed E-state index contributed by atoms with van der Waals surface area (Å²) in [6, 6.07) is 10.8. The molecule has 148 valence electrons. The van der Waals surface area contributed by atoms with Gasteiger partial charge in [-0.2, -0.15) is 0 Å². The number of aryl methyl sites for hydroxylation is 1. The summed E-state index contributed by atoms with van der Waals surface area (Å²) >= 11 is 8.69. The molecule has 7 heteroatoms. The van der Waals surface area contributed by atoms with Crippen LogP contribution >= 0.6 is 28.1 Å². The molecule has 5 nitrogen and oxygen atoms in total. The molecule has 2 rings (SSSR count). The maximum absolute atomic E-state index is 12.2. The van der Waals surface area contributed by atoms with E-state index in [1.54, 1.807) is 24.3 Å². The first-order valence-corrected chi connectivity index (χ1v) is 10.0. The van der Waals surface area contributed by atoms with E-state index in [-0.39, 0.29) is 29.3 Å². The van der Waals surface area contributed by atoms with Crippen molar-refractivity contribution in [1.82, 2.24) is 5.32 Å². The van der Waals surface area contributed by atoms with Gasteiger partial charge in [0, 0.05) is 15.7 Å². The minimum Gasteiger partial charge on any atom is -0.483 e. The van der Waals surface area contributed by atoms with Crippen LogP contribution in [0.5, 0.6) is 5.75 Å². The molecule has 0 aliphatic rings. The number of hydrogen-bond donors (Lipinski definition) is 2. The predicted octanol–water partition coefficient (Wildman–Crippen LogP) is 4.98. The summed E-state index contributed by atoms with van der Waals surface area (Å²) in [6.45, 7) is 7.47. The third kappa shape index (κ3) is 6.14. The molecule has 0 spiro atoms. The third-order valence-electron chi connectivity index (χ3n) is 4.07. The Morgan fingerprint density at radius 3 is 2.39 bits per heavy atom. The lowest BCUT2D eigenvalue weighted by Crippen LogP contribution is -2.37. The number of nitrogens with one attached hydrogen (secondary N) is 2. The van der Waals surface area contributed by atoms with E-state index in [4.69, 9.17) is 17.0 Å². The summed E-state index contributed by atoms with van der Waals surface area (Å²) in [7, 11) is 0. The van der Waals surface area contributed by atoms with Crippen molar-refractivity contribution >= 4 is 50.6 Å². The zero-order chi connectivity index (χ0) is 20.8. The molecule has 2 N–H and O–H groups in total. The Kier molecular flexibility index (Phi) is 7.71. The van der Waals surface area contributed by atoms with E-state index >= 15 is 0 Å². The van der Waals surface area contributed by atoms with Gasteiger partial charge in [-0.1, -0.05) is 29.8 Å². The van der Waals surface area contributed by atoms with Gasteiger partial charge in [0.1, 0.15) is 5.75 Å². The van der Waals surface area contributed by atoms with Gasteiger partial charge >= 0.3 is 0 Å². The number of benzene rings is 2. The molecule has 0 aliphatic heterocycles. The number of amides is 1. The van der Waals surface area contributed by atoms with Crippen LogP contribution in [0.3, 0.4) is 0 Å². The summed E-state index contributed by atoms with van der Waals surface area (Å²) in [5.74, 6) is 0.580. The van der Waals surface area contributed by atoms with Crippen molar-refractivity contribution in [2.45, 2.75) is 33.6 Å². The molecule has 0 atom stereocenters. The van der Waals surface area contributed by atoms with E-state index in [2.05, 4.69) is 40.4 Å². The van der Waals surface area contributed by atoms with Crippen LogP contribution in [0.25, 0.3) is 0 Å². The molecule has 0 heterocycles. The molecule has 0 saturated carbocycles. The standard InChI is InChI=1S/C21H23BrN2O3S/c1-12(2)17-10-18(22)13(3)9-19(17)27-11-20(26)24-21(28)23-16-7-5-15(6-8-16)14(4)25/h5-10,12H,11H2,1-4H3,(H2,23,24,26,28). The predicted molar refractivity (Wildman–Crippen MR) is 119 cm³/mol. The van der Waals surface area contributed by atoms with Gasteiger partial charge in [-0.25, -0.2) is 0 Å². The molecule has 2 aromatic carbocycles. The number of hydrogen-bond acceptors (Lipinski definition) is 4. The van der Waals surface area contributed by atoms with Crippen molar-refractivity contribution in [3.63, 3.8) is 0 Å². The molecular formula is C21H23BrN2O3S. The molecule has 1 amide bonds. The van der Waals surface area contributed by atoms with E-state index in [9.17, 15) is 9.59 Å². The Morgan fingerprint density at radius 2 is 1.82 bits per heavy atom. The van der Waals surface area contributed by atoms with Gasteiger partial charge in [0.05, 0.1) is 0 Å². The quantitative estimate of drug-likeness (QED) is 0.468. The normalized spacial score (nSPS) is 10.5. The van der Waals surface area contributed by atoms with Crippen LogP contribution < -0.4 is 15.4 Å². The number of thiocarbonyl (C=S) groups is 1. The number of Topliss-reactive ketones (excluding diaryl/α,β-unsaturated/α-hetero) is 1. The Labute approximate surface area is 179 Å². The van der Waals surface area contributed by atoms with Crippen molar-refractivity contribution in [3.8, 4) is 5.75 Å². The first-order chi connectivity index (χ1) is 13.2. The Morgan fingerprint density at radius 1 is 1.18 bits per heavy atom. The summed E-state index contributed by atoms with van der Waals surface area (Å²) in [5.41, 5.74) is 3.35. The Balaban J connectivity index is 1.93. The topological polar surface area (TPSA) is 67.4 Å². The zero-order valence-electron chi connectivity index (χ0n) is 16.3. The number of halogens is 1. The number of carbonyl (C=O) groups excluding carboxylic acids is 2. The third-order valence-corrected chi connectivity index (χ3v) is 5.13. The molecule has 28 heavy (non-hydrogen) atoms. The Hall–Kier alpha value is -2.25. The first-order valence-electron chi connectivity index (χ1n) is 8.82. The summed E-state index contributed by atoms with van der Waals surface area (Å²) in [5, 5.41) is 5.67. The van der Waals surface area contributed by atoms with Crippen molar-refractivity contribution in [2.24, 2.45) is 0 Å². The minimum absolute atomic E-state index is 0.0106. The van der Waals surface area contributed by atoms with Gasteiger partial charge in [0.25, 0.3) is 5.91 Å². The highest BCUT2D eigenvalue weighted by atomic mass is 79.9. The van der Waals surface area contributed by atoms with Gasteiger partial charge < -0.3 is 10.1 Å². The SMILES string of the molecule is CC(=O)c1ccc(NC(=S)NC(=O)COc2cc(C)c(Br)cc2C(C)C)cc1. The highest BCUT2D eigenvalue weighted by Crippen LogP contribution is 2.32. The summed E-state index contributed by atoms with van der Waals surface area (Å²) in [4.78, 5) is 23.5. The number of anilines is 1. The van der Waals surface area contributed by atoms with E-state index < -0.39 is 0 Å². The lowest BCUT2D eigenvalue weighted by atomic mass is 10.0. The Bertz CT molecular complexity index is 895. The maximum atomic E-state index is 12.2. The molecule has 0 saturated heterocycles. The van der Waals surface area contributed by atoms with Crippen LogP contribution in [0.1, 0.15) is 48.2 Å². The van der Waals surface area contributed by atoms with Crippen LogP contribution in [-0.2, 0) is 4.79 Å². The molecule has 0 bridgehead atoms. The van der Waals surface area contributed by atoms with Crippen molar-refractivity contribution < 1.29 is 14.3 Å². The van der Waals surface area contributed by atoms with E-state index in [1.165, 1.54) is 6.92 Å². The smallest absolute Gasteiger partial charge is 0.264 e. The summed E-state index contributed by atoms with van der Waals surface area (Å²) in [6.07, 6.45) is 0. The van der Waals surface area contributed by atoms with E-state index in [0.717, 1.165) is 15.6 Å². The number of carbonyl (C=O) groups is 2. The maximum Gasteiger partial charge on any atom is 0.264 e. The minimum atomic E-state index is -0.354. The van der Waals surface area contributed by atoms with Crippen molar-refractivity contribution in [2.75, 3.05) is 11.9 Å². The fraction of sp³-hybridized carbons (Fsp3) is 0.286. The van der Waals surface area contributed by atoms with Crippen LogP contribution in [0.15, 0.2) is 40.9 Å². The van der Waals surface area contributed by atoms with Crippen LogP contribution in [-0.4, -0.2) is 23.4 Å². The molecule has 0 radical (unpaired) electrons. The highest BCUT2D eigenvalue weighted by molar-refractivity contribution is 9.10. The zero-order valence-corrected chi connectivity index (χ0v) is 18.7. The summed E-state index contributed by atoms with van der Waals surface area (Å²) < 4.78 is 6.74. The number of ketones is 1. The lowest BCUT2D eigenvalue weighted by molar-refractivity contribution is -0.121. The molecule has 0 fully saturated rings. The lowest BCUT2D eigenvalue weighted by Gasteiger charge is -2.16. The van der Waals surface area contributed by atoms with Gasteiger partial charge in [-0.15, -0.1) is 0 Å². The van der Waals surface area contributed by atoms with Crippen molar-refractivity contribution in [1.29, 1.82) is 0 Å². The van der Waals surface area contributed by atoms with Crippen LogP contribution in [0.4, 0.5) is 5.69 Å². The second kappa shape index (κ2) is 9.80. The monoisotopic (exact) mass is 462 g/mol. The fourth-order valence-corrected chi connectivity index (χ4v) is 3.10. The number of rotatable bonds is 6.